The van der Waals surface area contributed by atoms with Crippen molar-refractivity contribution in [2.75, 3.05) is 18.4 Å². The Morgan fingerprint density at radius 1 is 1.32 bits per heavy atom. The second kappa shape index (κ2) is 7.25. The van der Waals surface area contributed by atoms with Gasteiger partial charge in [-0.25, -0.2) is 4.98 Å². The molecule has 0 fully saturated rings. The van der Waals surface area contributed by atoms with E-state index in [1.165, 1.54) is 11.3 Å². The summed E-state index contributed by atoms with van der Waals surface area (Å²) in [6.07, 6.45) is 2.61. The third-order valence-electron chi connectivity index (χ3n) is 2.42. The molecule has 0 atom stereocenters. The SMILES string of the molecule is O=C(NCCCNc1ccc(Br)cn1)c1cccs1. The third kappa shape index (κ3) is 4.65. The van der Waals surface area contributed by atoms with Crippen LogP contribution < -0.4 is 10.6 Å². The molecule has 4 nitrogen and oxygen atoms in total. The number of halogens is 1. The van der Waals surface area contributed by atoms with Crippen LogP contribution in [0.4, 0.5) is 5.82 Å². The number of hydrogen-bond acceptors (Lipinski definition) is 4. The van der Waals surface area contributed by atoms with E-state index in [1.807, 2.05) is 29.6 Å². The van der Waals surface area contributed by atoms with Crippen molar-refractivity contribution in [2.45, 2.75) is 6.42 Å². The molecule has 6 heteroatoms. The molecule has 2 N–H and O–H groups in total. The van der Waals surface area contributed by atoms with E-state index in [9.17, 15) is 4.79 Å². The number of amides is 1. The number of anilines is 1. The Labute approximate surface area is 124 Å². The molecule has 0 bridgehead atoms. The Bertz CT molecular complexity index is 513. The molecule has 100 valence electrons. The summed E-state index contributed by atoms with van der Waals surface area (Å²) >= 11 is 4.79. The van der Waals surface area contributed by atoms with Gasteiger partial charge in [-0.15, -0.1) is 11.3 Å². The molecule has 2 aromatic heterocycles. The third-order valence-corrected chi connectivity index (χ3v) is 3.76. The summed E-state index contributed by atoms with van der Waals surface area (Å²) in [6.45, 7) is 1.43. The molecule has 0 saturated heterocycles. The van der Waals surface area contributed by atoms with Crippen LogP contribution in [0.3, 0.4) is 0 Å². The highest BCUT2D eigenvalue weighted by atomic mass is 79.9. The van der Waals surface area contributed by atoms with Gasteiger partial charge in [-0.2, -0.15) is 0 Å². The highest BCUT2D eigenvalue weighted by Gasteiger charge is 2.04. The Morgan fingerprint density at radius 3 is 2.89 bits per heavy atom. The van der Waals surface area contributed by atoms with Gasteiger partial charge < -0.3 is 10.6 Å². The van der Waals surface area contributed by atoms with E-state index in [1.54, 1.807) is 6.20 Å². The predicted molar refractivity (Wildman–Crippen MR) is 81.7 cm³/mol. The van der Waals surface area contributed by atoms with E-state index in [-0.39, 0.29) is 5.91 Å². The molecule has 2 heterocycles. The van der Waals surface area contributed by atoms with Gasteiger partial charge in [-0.05, 0) is 45.9 Å². The summed E-state index contributed by atoms with van der Waals surface area (Å²) in [5.74, 6) is 0.838. The van der Waals surface area contributed by atoms with Gasteiger partial charge >= 0.3 is 0 Å². The van der Waals surface area contributed by atoms with Crippen molar-refractivity contribution in [1.29, 1.82) is 0 Å². The monoisotopic (exact) mass is 339 g/mol. The zero-order valence-electron chi connectivity index (χ0n) is 10.2. The Morgan fingerprint density at radius 2 is 2.21 bits per heavy atom. The van der Waals surface area contributed by atoms with E-state index >= 15 is 0 Å². The molecule has 2 aromatic rings. The molecule has 0 aliphatic carbocycles. The summed E-state index contributed by atoms with van der Waals surface area (Å²) in [6, 6.07) is 7.55. The first kappa shape index (κ1) is 14.0. The quantitative estimate of drug-likeness (QED) is 0.795. The van der Waals surface area contributed by atoms with Crippen molar-refractivity contribution in [3.63, 3.8) is 0 Å². The number of thiophene rings is 1. The molecule has 0 unspecified atom stereocenters. The van der Waals surface area contributed by atoms with Crippen LogP contribution >= 0.6 is 27.3 Å². The minimum absolute atomic E-state index is 0.00299. The maximum atomic E-state index is 11.6. The van der Waals surface area contributed by atoms with E-state index in [4.69, 9.17) is 0 Å². The molecule has 0 radical (unpaired) electrons. The van der Waals surface area contributed by atoms with E-state index in [0.717, 1.165) is 28.1 Å². The molecule has 0 spiro atoms. The van der Waals surface area contributed by atoms with E-state index in [0.29, 0.717) is 6.54 Å². The van der Waals surface area contributed by atoms with Crippen molar-refractivity contribution in [2.24, 2.45) is 0 Å². The molecular formula is C13H14BrN3OS. The fourth-order valence-corrected chi connectivity index (χ4v) is 2.36. The fraction of sp³-hybridized carbons (Fsp3) is 0.231. The lowest BCUT2D eigenvalue weighted by atomic mass is 10.3. The second-order valence-corrected chi connectivity index (χ2v) is 5.74. The van der Waals surface area contributed by atoms with Gasteiger partial charge in [0.05, 0.1) is 4.88 Å². The number of rotatable bonds is 6. The summed E-state index contributed by atoms with van der Waals surface area (Å²) < 4.78 is 0.960. The van der Waals surface area contributed by atoms with Crippen LogP contribution in [-0.4, -0.2) is 24.0 Å². The number of carbonyl (C=O) groups excluding carboxylic acids is 1. The summed E-state index contributed by atoms with van der Waals surface area (Å²) in [5, 5.41) is 7.98. The molecule has 2 rings (SSSR count). The normalized spacial score (nSPS) is 10.2. The van der Waals surface area contributed by atoms with Crippen LogP contribution in [0.25, 0.3) is 0 Å². The zero-order chi connectivity index (χ0) is 13.5. The Kier molecular flexibility index (Phi) is 5.35. The van der Waals surface area contributed by atoms with E-state index < -0.39 is 0 Å². The molecular weight excluding hydrogens is 326 g/mol. The predicted octanol–water partition coefficient (Wildman–Crippen LogP) is 3.14. The van der Waals surface area contributed by atoms with Gasteiger partial charge in [0, 0.05) is 23.8 Å². The van der Waals surface area contributed by atoms with Crippen LogP contribution in [0, 0.1) is 0 Å². The second-order valence-electron chi connectivity index (χ2n) is 3.88. The first-order valence-corrected chi connectivity index (χ1v) is 7.60. The van der Waals surface area contributed by atoms with Gasteiger partial charge in [-0.1, -0.05) is 6.07 Å². The molecule has 0 saturated carbocycles. The zero-order valence-corrected chi connectivity index (χ0v) is 12.6. The lowest BCUT2D eigenvalue weighted by molar-refractivity contribution is 0.0957. The lowest BCUT2D eigenvalue weighted by Gasteiger charge is -2.06. The number of pyridine rings is 1. The van der Waals surface area contributed by atoms with Crippen molar-refractivity contribution < 1.29 is 4.79 Å². The van der Waals surface area contributed by atoms with Gasteiger partial charge in [0.25, 0.3) is 5.91 Å². The first-order valence-electron chi connectivity index (χ1n) is 5.93. The number of aromatic nitrogens is 1. The molecule has 0 aromatic carbocycles. The minimum Gasteiger partial charge on any atom is -0.370 e. The van der Waals surface area contributed by atoms with Crippen molar-refractivity contribution in [3.05, 3.63) is 45.2 Å². The van der Waals surface area contributed by atoms with Crippen molar-refractivity contribution in [3.8, 4) is 0 Å². The average molecular weight is 340 g/mol. The number of carbonyl (C=O) groups is 1. The number of hydrogen-bond donors (Lipinski definition) is 2. The Hall–Kier alpha value is -1.40. The van der Waals surface area contributed by atoms with Gasteiger partial charge in [-0.3, -0.25) is 4.79 Å². The minimum atomic E-state index is -0.00299. The van der Waals surface area contributed by atoms with Crippen LogP contribution in [0.5, 0.6) is 0 Å². The fourth-order valence-electron chi connectivity index (χ4n) is 1.48. The van der Waals surface area contributed by atoms with Crippen LogP contribution in [0.2, 0.25) is 0 Å². The first-order chi connectivity index (χ1) is 9.25. The van der Waals surface area contributed by atoms with Gasteiger partial charge in [0.1, 0.15) is 5.82 Å². The summed E-state index contributed by atoms with van der Waals surface area (Å²) in [5.41, 5.74) is 0. The van der Waals surface area contributed by atoms with Gasteiger partial charge in [0.2, 0.25) is 0 Å². The smallest absolute Gasteiger partial charge is 0.261 e. The van der Waals surface area contributed by atoms with Gasteiger partial charge in [0.15, 0.2) is 0 Å². The summed E-state index contributed by atoms with van der Waals surface area (Å²) in [4.78, 5) is 16.6. The highest BCUT2D eigenvalue weighted by Crippen LogP contribution is 2.10. The summed E-state index contributed by atoms with van der Waals surface area (Å²) in [7, 11) is 0. The van der Waals surface area contributed by atoms with Crippen LogP contribution in [-0.2, 0) is 0 Å². The standard InChI is InChI=1S/C13H14BrN3OS/c14-10-4-5-12(17-9-10)15-6-2-7-16-13(18)11-3-1-8-19-11/h1,3-5,8-9H,2,6-7H2,(H,15,17)(H,16,18). The van der Waals surface area contributed by atoms with Crippen LogP contribution in [0.1, 0.15) is 16.1 Å². The maximum Gasteiger partial charge on any atom is 0.261 e. The number of nitrogens with zero attached hydrogens (tertiary/aromatic N) is 1. The average Bonchev–Trinajstić information content (AvgIpc) is 2.94. The van der Waals surface area contributed by atoms with Crippen LogP contribution in [0.15, 0.2) is 40.3 Å². The largest absolute Gasteiger partial charge is 0.370 e. The molecule has 0 aliphatic heterocycles. The maximum absolute atomic E-state index is 11.6. The topological polar surface area (TPSA) is 54.0 Å². The lowest BCUT2D eigenvalue weighted by Crippen LogP contribution is -2.25. The molecule has 1 amide bonds. The highest BCUT2D eigenvalue weighted by molar-refractivity contribution is 9.10. The van der Waals surface area contributed by atoms with E-state index in [2.05, 4.69) is 31.5 Å². The van der Waals surface area contributed by atoms with Crippen molar-refractivity contribution in [1.82, 2.24) is 10.3 Å². The van der Waals surface area contributed by atoms with Crippen molar-refractivity contribution >= 4 is 39.0 Å². The number of nitrogens with one attached hydrogen (secondary N) is 2. The Balaban J connectivity index is 1.62. The molecule has 0 aliphatic rings. The molecule has 19 heavy (non-hydrogen) atoms.